The summed E-state index contributed by atoms with van der Waals surface area (Å²) in [6.07, 6.45) is 0.127. The molecular formula is C26H31ClN6O3. The van der Waals surface area contributed by atoms with Crippen LogP contribution < -0.4 is 11.1 Å². The lowest BCUT2D eigenvalue weighted by molar-refractivity contribution is -0.121. The highest BCUT2D eigenvalue weighted by Gasteiger charge is 2.29. The lowest BCUT2D eigenvalue weighted by Gasteiger charge is -2.13. The highest BCUT2D eigenvalue weighted by Crippen LogP contribution is 2.33. The molecule has 1 amide bonds. The van der Waals surface area contributed by atoms with Crippen LogP contribution in [0, 0.1) is 13.8 Å². The minimum Gasteiger partial charge on any atom is -0.378 e. The summed E-state index contributed by atoms with van der Waals surface area (Å²) in [5.41, 5.74) is 10.1. The van der Waals surface area contributed by atoms with Gasteiger partial charge in [0.05, 0.1) is 44.2 Å². The number of nitrogens with zero attached hydrogens (tertiary/aromatic N) is 4. The van der Waals surface area contributed by atoms with Crippen LogP contribution in [0.4, 0.5) is 0 Å². The summed E-state index contributed by atoms with van der Waals surface area (Å²) in [5, 5.41) is 12.3. The second kappa shape index (κ2) is 12.2. The molecule has 0 radical (unpaired) electrons. The predicted octanol–water partition coefficient (Wildman–Crippen LogP) is 2.93. The van der Waals surface area contributed by atoms with Gasteiger partial charge in [0.1, 0.15) is 11.9 Å². The van der Waals surface area contributed by atoms with E-state index >= 15 is 0 Å². The Morgan fingerprint density at radius 3 is 2.56 bits per heavy atom. The van der Waals surface area contributed by atoms with Crippen molar-refractivity contribution in [1.29, 1.82) is 0 Å². The summed E-state index contributed by atoms with van der Waals surface area (Å²) in [6, 6.07) is 13.2. The van der Waals surface area contributed by atoms with E-state index < -0.39 is 6.04 Å². The molecule has 0 unspecified atom stereocenters. The molecule has 0 fully saturated rings. The van der Waals surface area contributed by atoms with Gasteiger partial charge in [-0.3, -0.25) is 14.4 Å². The van der Waals surface area contributed by atoms with E-state index in [-0.39, 0.29) is 12.3 Å². The van der Waals surface area contributed by atoms with Crippen molar-refractivity contribution in [2.45, 2.75) is 26.3 Å². The van der Waals surface area contributed by atoms with Crippen molar-refractivity contribution in [2.75, 3.05) is 39.5 Å². The number of ether oxygens (including phenoxy) is 2. The summed E-state index contributed by atoms with van der Waals surface area (Å²) in [5.74, 6) is 1.22. The van der Waals surface area contributed by atoms with E-state index in [9.17, 15) is 4.79 Å². The third-order valence-electron chi connectivity index (χ3n) is 5.78. The molecule has 1 aliphatic heterocycles. The Morgan fingerprint density at radius 1 is 1.06 bits per heavy atom. The number of aryl methyl sites for hydroxylation is 2. The minimum atomic E-state index is -0.518. The van der Waals surface area contributed by atoms with Crippen LogP contribution in [0.3, 0.4) is 0 Å². The van der Waals surface area contributed by atoms with Crippen LogP contribution in [0.15, 0.2) is 47.5 Å². The van der Waals surface area contributed by atoms with E-state index in [0.29, 0.717) is 50.4 Å². The Bertz CT molecular complexity index is 1220. The Balaban J connectivity index is 1.56. The maximum Gasteiger partial charge on any atom is 0.222 e. The second-order valence-corrected chi connectivity index (χ2v) is 8.97. The third kappa shape index (κ3) is 6.17. The van der Waals surface area contributed by atoms with E-state index in [1.165, 1.54) is 0 Å². The molecule has 4 rings (SSSR count). The molecule has 0 aliphatic carbocycles. The van der Waals surface area contributed by atoms with E-state index in [0.717, 1.165) is 33.9 Å². The number of benzene rings is 2. The fourth-order valence-corrected chi connectivity index (χ4v) is 4.23. The topological polar surface area (TPSA) is 117 Å². The lowest BCUT2D eigenvalue weighted by atomic mass is 9.98. The van der Waals surface area contributed by atoms with Gasteiger partial charge in [-0.1, -0.05) is 35.4 Å². The molecule has 0 bridgehead atoms. The molecule has 2 aromatic carbocycles. The van der Waals surface area contributed by atoms with Crippen molar-refractivity contribution >= 4 is 23.2 Å². The summed E-state index contributed by atoms with van der Waals surface area (Å²) in [7, 11) is 0. The molecule has 1 aliphatic rings. The molecule has 0 saturated carbocycles. The quantitative estimate of drug-likeness (QED) is 0.383. The van der Waals surface area contributed by atoms with E-state index in [2.05, 4.69) is 27.6 Å². The van der Waals surface area contributed by atoms with E-state index in [4.69, 9.17) is 31.8 Å². The van der Waals surface area contributed by atoms with Gasteiger partial charge in [-0.2, -0.15) is 0 Å². The van der Waals surface area contributed by atoms with Gasteiger partial charge in [0.2, 0.25) is 5.91 Å². The number of nitrogens with two attached hydrogens (primary N) is 1. The van der Waals surface area contributed by atoms with Crippen molar-refractivity contribution in [3.8, 4) is 5.69 Å². The SMILES string of the molecule is Cc1ccc2c(c1)C(c1ccc(Cl)cc1)=N[C@@H](CC(=O)NCCOCCOCCN)c1nnc(C)n1-2. The number of carbonyl (C=O) groups is 1. The molecule has 9 nitrogen and oxygen atoms in total. The number of fused-ring (bicyclic) bond motifs is 3. The Hall–Kier alpha value is -3.11. The molecular weight excluding hydrogens is 480 g/mol. The van der Waals surface area contributed by atoms with Gasteiger partial charge in [-0.25, -0.2) is 0 Å². The number of amides is 1. The number of hydrogen-bond acceptors (Lipinski definition) is 7. The van der Waals surface area contributed by atoms with E-state index in [1.54, 1.807) is 0 Å². The average molecular weight is 511 g/mol. The molecule has 0 saturated heterocycles. The first-order valence-corrected chi connectivity index (χ1v) is 12.3. The number of aromatic nitrogens is 3. The minimum absolute atomic E-state index is 0.127. The van der Waals surface area contributed by atoms with Crippen LogP contribution in [-0.2, 0) is 14.3 Å². The predicted molar refractivity (Wildman–Crippen MR) is 139 cm³/mol. The van der Waals surface area contributed by atoms with Crippen molar-refractivity contribution in [2.24, 2.45) is 10.7 Å². The molecule has 0 spiro atoms. The molecule has 10 heteroatoms. The van der Waals surface area contributed by atoms with Crippen LogP contribution in [0.5, 0.6) is 0 Å². The zero-order valence-corrected chi connectivity index (χ0v) is 21.3. The summed E-state index contributed by atoms with van der Waals surface area (Å²) in [4.78, 5) is 17.9. The number of carbonyl (C=O) groups excluding carboxylic acids is 1. The maximum atomic E-state index is 12.9. The number of nitrogens with one attached hydrogen (secondary N) is 1. The summed E-state index contributed by atoms with van der Waals surface area (Å²) in [6.45, 7) is 6.65. The summed E-state index contributed by atoms with van der Waals surface area (Å²) >= 11 is 6.15. The lowest BCUT2D eigenvalue weighted by Crippen LogP contribution is -2.29. The molecule has 3 N–H and O–H groups in total. The Morgan fingerprint density at radius 2 is 1.81 bits per heavy atom. The average Bonchev–Trinajstić information content (AvgIpc) is 3.19. The molecule has 1 atom stereocenters. The summed E-state index contributed by atoms with van der Waals surface area (Å²) < 4.78 is 12.8. The van der Waals surface area contributed by atoms with Crippen LogP contribution in [0.1, 0.15) is 40.8 Å². The fourth-order valence-electron chi connectivity index (χ4n) is 4.10. The number of rotatable bonds is 11. The Kier molecular flexibility index (Phi) is 8.82. The monoisotopic (exact) mass is 510 g/mol. The van der Waals surface area contributed by atoms with Crippen molar-refractivity contribution in [1.82, 2.24) is 20.1 Å². The second-order valence-electron chi connectivity index (χ2n) is 8.53. The molecule has 3 aromatic rings. The first-order valence-electron chi connectivity index (χ1n) is 12.0. The van der Waals surface area contributed by atoms with Crippen molar-refractivity contribution in [3.05, 3.63) is 75.8 Å². The Labute approximate surface area is 215 Å². The molecule has 2 heterocycles. The van der Waals surface area contributed by atoms with Gasteiger partial charge in [0.25, 0.3) is 0 Å². The zero-order chi connectivity index (χ0) is 25.5. The van der Waals surface area contributed by atoms with Crippen molar-refractivity contribution < 1.29 is 14.3 Å². The van der Waals surface area contributed by atoms with Gasteiger partial charge in [0.15, 0.2) is 5.82 Å². The normalized spacial score (nSPS) is 14.6. The van der Waals surface area contributed by atoms with Gasteiger partial charge in [0, 0.05) is 29.2 Å². The first-order chi connectivity index (χ1) is 17.5. The van der Waals surface area contributed by atoms with Crippen LogP contribution in [0.25, 0.3) is 5.69 Å². The highest BCUT2D eigenvalue weighted by molar-refractivity contribution is 6.30. The van der Waals surface area contributed by atoms with Crippen molar-refractivity contribution in [3.63, 3.8) is 0 Å². The number of halogens is 1. The third-order valence-corrected chi connectivity index (χ3v) is 6.03. The molecule has 36 heavy (non-hydrogen) atoms. The first kappa shape index (κ1) is 26.0. The molecule has 1 aromatic heterocycles. The van der Waals surface area contributed by atoms with Gasteiger partial charge < -0.3 is 20.5 Å². The standard InChI is InChI=1S/C26H31ClN6O3/c1-17-3-8-23-21(15-17)25(19-4-6-20(27)7-5-19)30-22(26-32-31-18(2)33(23)26)16-24(34)29-10-12-36-14-13-35-11-9-28/h3-8,15,22H,9-14,16,28H2,1-2H3,(H,29,34)/t22-/m0/s1. The number of hydrogen-bond donors (Lipinski definition) is 2. The van der Waals surface area contributed by atoms with Crippen LogP contribution in [-0.4, -0.2) is 65.9 Å². The zero-order valence-electron chi connectivity index (χ0n) is 20.5. The van der Waals surface area contributed by atoms with E-state index in [1.807, 2.05) is 48.7 Å². The van der Waals surface area contributed by atoms with Crippen LogP contribution >= 0.6 is 11.6 Å². The van der Waals surface area contributed by atoms with Gasteiger partial charge in [-0.05, 0) is 38.1 Å². The van der Waals surface area contributed by atoms with Gasteiger partial charge in [-0.15, -0.1) is 10.2 Å². The van der Waals surface area contributed by atoms with Gasteiger partial charge >= 0.3 is 0 Å². The maximum absolute atomic E-state index is 12.9. The largest absolute Gasteiger partial charge is 0.378 e. The van der Waals surface area contributed by atoms with Crippen LogP contribution in [0.2, 0.25) is 5.02 Å². The number of aliphatic imine (C=N–C) groups is 1. The molecule has 190 valence electrons. The highest BCUT2D eigenvalue weighted by atomic mass is 35.5. The fraction of sp³-hybridized carbons (Fsp3) is 0.385. The smallest absolute Gasteiger partial charge is 0.222 e.